The number of fused-ring (bicyclic) bond motifs is 1. The van der Waals surface area contributed by atoms with Crippen LogP contribution in [0.15, 0.2) is 18.2 Å². The maximum atomic E-state index is 11.8. The van der Waals surface area contributed by atoms with Crippen molar-refractivity contribution in [1.82, 2.24) is 5.32 Å². The molecule has 1 aromatic carbocycles. The van der Waals surface area contributed by atoms with Gasteiger partial charge in [-0.05, 0) is 30.9 Å². The summed E-state index contributed by atoms with van der Waals surface area (Å²) < 4.78 is 0. The van der Waals surface area contributed by atoms with Crippen LogP contribution in [0.1, 0.15) is 77.6 Å². The molecule has 0 bridgehead atoms. The number of hydrogen-bond acceptors (Lipinski definition) is 3. The zero-order valence-electron chi connectivity index (χ0n) is 13.1. The Bertz CT molecular complexity index is 525. The zero-order chi connectivity index (χ0) is 15.8. The molecule has 0 radical (unpaired) electrons. The van der Waals surface area contributed by atoms with Gasteiger partial charge in [-0.1, -0.05) is 50.7 Å². The minimum absolute atomic E-state index is 0.250. The Kier molecular flexibility index (Phi) is 6.59. The summed E-state index contributed by atoms with van der Waals surface area (Å²) in [4.78, 5) is 23.4. The molecule has 1 aliphatic heterocycles. The summed E-state index contributed by atoms with van der Waals surface area (Å²) in [6, 6.07) is 5.52. The number of benzene rings is 1. The Morgan fingerprint density at radius 3 is 2.14 bits per heavy atom. The molecular weight excluding hydrogens is 278 g/mol. The Labute approximate surface area is 131 Å². The quantitative estimate of drug-likeness (QED) is 0.515. The van der Waals surface area contributed by atoms with E-state index in [1.807, 2.05) is 12.1 Å². The molecule has 0 saturated heterocycles. The van der Waals surface area contributed by atoms with Crippen LogP contribution in [0.4, 0.5) is 0 Å². The van der Waals surface area contributed by atoms with E-state index in [2.05, 4.69) is 5.32 Å². The van der Waals surface area contributed by atoms with Crippen molar-refractivity contribution in [3.05, 3.63) is 34.9 Å². The molecule has 120 valence electrons. The van der Waals surface area contributed by atoms with Gasteiger partial charge < -0.3 is 5.11 Å². The van der Waals surface area contributed by atoms with Gasteiger partial charge in [-0.25, -0.2) is 0 Å². The molecule has 2 N–H and O–H groups in total. The van der Waals surface area contributed by atoms with E-state index in [4.69, 9.17) is 5.11 Å². The number of imide groups is 1. The van der Waals surface area contributed by atoms with E-state index in [-0.39, 0.29) is 11.8 Å². The second-order valence-corrected chi connectivity index (χ2v) is 5.92. The number of aliphatic hydroxyl groups excluding tert-OH is 1. The minimum Gasteiger partial charge on any atom is -0.396 e. The summed E-state index contributed by atoms with van der Waals surface area (Å²) >= 11 is 0. The molecule has 0 aromatic heterocycles. The summed E-state index contributed by atoms with van der Waals surface area (Å²) in [6.07, 6.45) is 9.97. The van der Waals surface area contributed by atoms with Gasteiger partial charge >= 0.3 is 0 Å². The van der Waals surface area contributed by atoms with Gasteiger partial charge in [-0.2, -0.15) is 0 Å². The molecule has 4 heteroatoms. The van der Waals surface area contributed by atoms with Gasteiger partial charge in [0.1, 0.15) is 0 Å². The van der Waals surface area contributed by atoms with Crippen LogP contribution >= 0.6 is 0 Å². The first-order chi connectivity index (χ1) is 10.7. The molecule has 4 nitrogen and oxygen atoms in total. The third kappa shape index (κ3) is 4.41. The van der Waals surface area contributed by atoms with Gasteiger partial charge in [-0.3, -0.25) is 14.9 Å². The highest BCUT2D eigenvalue weighted by Gasteiger charge is 2.28. The molecule has 0 fully saturated rings. The molecule has 1 aromatic rings. The molecule has 0 unspecified atom stereocenters. The normalized spacial score (nSPS) is 13.3. The molecule has 0 aliphatic carbocycles. The van der Waals surface area contributed by atoms with E-state index in [0.29, 0.717) is 17.7 Å². The average molecular weight is 303 g/mol. The predicted octanol–water partition coefficient (Wildman–Crippen LogP) is 3.23. The fourth-order valence-corrected chi connectivity index (χ4v) is 2.99. The third-order valence-electron chi connectivity index (χ3n) is 4.20. The Hall–Kier alpha value is -1.68. The first-order valence-electron chi connectivity index (χ1n) is 8.32. The second-order valence-electron chi connectivity index (χ2n) is 5.92. The lowest BCUT2D eigenvalue weighted by atomic mass is 9.97. The van der Waals surface area contributed by atoms with E-state index in [1.54, 1.807) is 6.07 Å². The van der Waals surface area contributed by atoms with Crippen molar-refractivity contribution in [3.63, 3.8) is 0 Å². The molecule has 1 heterocycles. The number of amides is 2. The fraction of sp³-hybridized carbons (Fsp3) is 0.556. The minimum atomic E-state index is -0.273. The molecule has 0 saturated carbocycles. The zero-order valence-corrected chi connectivity index (χ0v) is 13.1. The topological polar surface area (TPSA) is 66.4 Å². The van der Waals surface area contributed by atoms with E-state index in [1.165, 1.54) is 25.7 Å². The number of rotatable bonds is 10. The van der Waals surface area contributed by atoms with Crippen LogP contribution in [0.25, 0.3) is 0 Å². The fourth-order valence-electron chi connectivity index (χ4n) is 2.99. The van der Waals surface area contributed by atoms with Crippen LogP contribution in [0, 0.1) is 0 Å². The van der Waals surface area contributed by atoms with Gasteiger partial charge in [0, 0.05) is 6.61 Å². The van der Waals surface area contributed by atoms with Crippen LogP contribution in [-0.4, -0.2) is 23.5 Å². The van der Waals surface area contributed by atoms with Gasteiger partial charge in [-0.15, -0.1) is 0 Å². The summed E-state index contributed by atoms with van der Waals surface area (Å²) in [6.45, 7) is 0.303. The lowest BCUT2D eigenvalue weighted by Gasteiger charge is -2.06. The molecule has 1 aliphatic rings. The molecule has 2 amide bonds. The van der Waals surface area contributed by atoms with Crippen LogP contribution in [0.3, 0.4) is 0 Å². The summed E-state index contributed by atoms with van der Waals surface area (Å²) in [5.41, 5.74) is 2.09. The van der Waals surface area contributed by atoms with Gasteiger partial charge in [0.15, 0.2) is 0 Å². The second kappa shape index (κ2) is 8.69. The lowest BCUT2D eigenvalue weighted by molar-refractivity contribution is 0.0879. The molecular formula is C18H25NO3. The maximum Gasteiger partial charge on any atom is 0.259 e. The standard InChI is InChI=1S/C18H25NO3/c20-13-8-6-4-2-1-3-5-7-10-14-11-9-12-15-16(14)18(22)19-17(15)21/h9,11-12,20H,1-8,10,13H2,(H,19,21,22). The average Bonchev–Trinajstić information content (AvgIpc) is 2.81. The van der Waals surface area contributed by atoms with Crippen molar-refractivity contribution in [3.8, 4) is 0 Å². The maximum absolute atomic E-state index is 11.8. The third-order valence-corrected chi connectivity index (χ3v) is 4.20. The number of aliphatic hydroxyl groups is 1. The smallest absolute Gasteiger partial charge is 0.259 e. The predicted molar refractivity (Wildman–Crippen MR) is 86.0 cm³/mol. The highest BCUT2D eigenvalue weighted by atomic mass is 16.3. The van der Waals surface area contributed by atoms with Crippen molar-refractivity contribution in [2.24, 2.45) is 0 Å². The molecule has 22 heavy (non-hydrogen) atoms. The Balaban J connectivity index is 1.68. The molecule has 0 atom stereocenters. The molecule has 0 spiro atoms. The van der Waals surface area contributed by atoms with Crippen molar-refractivity contribution in [1.29, 1.82) is 0 Å². The van der Waals surface area contributed by atoms with E-state index < -0.39 is 0 Å². The van der Waals surface area contributed by atoms with E-state index in [9.17, 15) is 9.59 Å². The number of carbonyl (C=O) groups excluding carboxylic acids is 2. The SMILES string of the molecule is O=C1NC(=O)c2c(CCCCCCCCCCO)cccc21. The summed E-state index contributed by atoms with van der Waals surface area (Å²) in [7, 11) is 0. The first-order valence-corrected chi connectivity index (χ1v) is 8.32. The van der Waals surface area contributed by atoms with Crippen LogP contribution in [-0.2, 0) is 6.42 Å². The van der Waals surface area contributed by atoms with E-state index >= 15 is 0 Å². The summed E-state index contributed by atoms with van der Waals surface area (Å²) in [5, 5.41) is 11.1. The van der Waals surface area contributed by atoms with Gasteiger partial charge in [0.25, 0.3) is 11.8 Å². The van der Waals surface area contributed by atoms with Crippen molar-refractivity contribution in [2.75, 3.05) is 6.61 Å². The highest BCUT2D eigenvalue weighted by Crippen LogP contribution is 2.22. The Morgan fingerprint density at radius 1 is 0.818 bits per heavy atom. The Morgan fingerprint density at radius 2 is 1.45 bits per heavy atom. The van der Waals surface area contributed by atoms with Crippen molar-refractivity contribution in [2.45, 2.75) is 57.8 Å². The molecule has 2 rings (SSSR count). The highest BCUT2D eigenvalue weighted by molar-refractivity contribution is 6.22. The number of carbonyl (C=O) groups is 2. The van der Waals surface area contributed by atoms with Gasteiger partial charge in [0.05, 0.1) is 11.1 Å². The van der Waals surface area contributed by atoms with Crippen LogP contribution in [0.5, 0.6) is 0 Å². The first kappa shape index (κ1) is 16.7. The number of aryl methyl sites for hydroxylation is 1. The van der Waals surface area contributed by atoms with Gasteiger partial charge in [0.2, 0.25) is 0 Å². The number of hydrogen-bond donors (Lipinski definition) is 2. The monoisotopic (exact) mass is 303 g/mol. The summed E-state index contributed by atoms with van der Waals surface area (Å²) in [5.74, 6) is -0.524. The number of nitrogens with one attached hydrogen (secondary N) is 1. The van der Waals surface area contributed by atoms with Crippen LogP contribution in [0.2, 0.25) is 0 Å². The number of unbranched alkanes of at least 4 members (excludes halogenated alkanes) is 7. The largest absolute Gasteiger partial charge is 0.396 e. The van der Waals surface area contributed by atoms with Crippen LogP contribution < -0.4 is 5.32 Å². The van der Waals surface area contributed by atoms with Crippen molar-refractivity contribution >= 4 is 11.8 Å². The lowest BCUT2D eigenvalue weighted by Crippen LogP contribution is -2.20. The van der Waals surface area contributed by atoms with E-state index in [0.717, 1.165) is 37.7 Å². The van der Waals surface area contributed by atoms with Crippen molar-refractivity contribution < 1.29 is 14.7 Å².